The summed E-state index contributed by atoms with van der Waals surface area (Å²) >= 11 is 3.61. The van der Waals surface area contributed by atoms with Crippen LogP contribution in [-0.4, -0.2) is 17.5 Å². The molecule has 0 unspecified atom stereocenters. The highest BCUT2D eigenvalue weighted by atomic mass is 79.9. The molecule has 1 amide bonds. The fourth-order valence-corrected chi connectivity index (χ4v) is 4.55. The number of benzene rings is 4. The number of carbonyl (C=O) groups excluding carboxylic acids is 1. The lowest BCUT2D eigenvalue weighted by Crippen LogP contribution is -2.20. The van der Waals surface area contributed by atoms with Crippen molar-refractivity contribution >= 4 is 49.4 Å². The molecule has 5 aromatic rings. The van der Waals surface area contributed by atoms with E-state index in [1.165, 1.54) is 5.56 Å². The van der Waals surface area contributed by atoms with Gasteiger partial charge in [0.1, 0.15) is 11.3 Å². The molecule has 176 valence electrons. The van der Waals surface area contributed by atoms with E-state index in [0.717, 1.165) is 27.2 Å². The van der Waals surface area contributed by atoms with Crippen LogP contribution in [0, 0.1) is 0 Å². The van der Waals surface area contributed by atoms with Gasteiger partial charge in [0, 0.05) is 15.7 Å². The van der Waals surface area contributed by atoms with Gasteiger partial charge in [-0.05, 0) is 71.1 Å². The van der Waals surface area contributed by atoms with Gasteiger partial charge in [-0.25, -0.2) is 4.98 Å². The number of amides is 1. The lowest BCUT2D eigenvalue weighted by atomic mass is 9.99. The quantitative estimate of drug-likeness (QED) is 0.233. The van der Waals surface area contributed by atoms with Crippen LogP contribution in [0.4, 0.5) is 5.69 Å². The number of oxazole rings is 1. The molecule has 5 nitrogen and oxygen atoms in total. The van der Waals surface area contributed by atoms with Crippen molar-refractivity contribution in [3.8, 4) is 17.2 Å². The standard InChI is InChI=1S/C29H25BrN2O3/c1-3-18(2)19-10-13-21(14-11-19)34-17-28(33)31-20-12-15-27-26(16-20)32-29(35-27)24-8-4-7-23-22(24)6-5-9-25(23)30/h4-16,18H,3,17H2,1-2H3,(H,31,33)/t18-/m1/s1. The van der Waals surface area contributed by atoms with Gasteiger partial charge in [0.15, 0.2) is 12.2 Å². The maximum absolute atomic E-state index is 12.5. The molecule has 35 heavy (non-hydrogen) atoms. The average Bonchev–Trinajstić information content (AvgIpc) is 3.30. The molecule has 5 rings (SSSR count). The highest BCUT2D eigenvalue weighted by Crippen LogP contribution is 2.34. The SMILES string of the molecule is CC[C@@H](C)c1ccc(OCC(=O)Nc2ccc3oc(-c4cccc5c(Br)cccc45)nc3c2)cc1. The number of anilines is 1. The zero-order valence-corrected chi connectivity index (χ0v) is 21.1. The van der Waals surface area contributed by atoms with Crippen molar-refractivity contribution in [2.75, 3.05) is 11.9 Å². The Bertz CT molecular complexity index is 1510. The Morgan fingerprint density at radius 1 is 1.03 bits per heavy atom. The molecule has 0 fully saturated rings. The Kier molecular flexibility index (Phi) is 6.55. The Morgan fingerprint density at radius 2 is 1.80 bits per heavy atom. The fourth-order valence-electron chi connectivity index (χ4n) is 4.05. The maximum atomic E-state index is 12.5. The molecule has 0 aliphatic carbocycles. The Balaban J connectivity index is 1.29. The fraction of sp³-hybridized carbons (Fsp3) is 0.172. The predicted molar refractivity (Wildman–Crippen MR) is 144 cm³/mol. The second-order valence-corrected chi connectivity index (χ2v) is 9.41. The van der Waals surface area contributed by atoms with Crippen molar-refractivity contribution in [2.24, 2.45) is 0 Å². The van der Waals surface area contributed by atoms with E-state index in [2.05, 4.69) is 46.1 Å². The smallest absolute Gasteiger partial charge is 0.262 e. The molecule has 0 spiro atoms. The summed E-state index contributed by atoms with van der Waals surface area (Å²) in [6.45, 7) is 4.29. The first-order valence-electron chi connectivity index (χ1n) is 11.6. The summed E-state index contributed by atoms with van der Waals surface area (Å²) in [7, 11) is 0. The summed E-state index contributed by atoms with van der Waals surface area (Å²) in [6.07, 6.45) is 1.08. The molecular formula is C29H25BrN2O3. The normalized spacial score (nSPS) is 12.1. The minimum absolute atomic E-state index is 0.0737. The lowest BCUT2D eigenvalue weighted by molar-refractivity contribution is -0.118. The number of ether oxygens (including phenoxy) is 1. The van der Waals surface area contributed by atoms with Crippen molar-refractivity contribution in [3.63, 3.8) is 0 Å². The monoisotopic (exact) mass is 528 g/mol. The van der Waals surface area contributed by atoms with Crippen molar-refractivity contribution in [1.82, 2.24) is 4.98 Å². The molecular weight excluding hydrogens is 504 g/mol. The van der Waals surface area contributed by atoms with E-state index >= 15 is 0 Å². The van der Waals surface area contributed by atoms with Crippen molar-refractivity contribution in [1.29, 1.82) is 0 Å². The number of nitrogens with one attached hydrogen (secondary N) is 1. The second kappa shape index (κ2) is 9.92. The van der Waals surface area contributed by atoms with Crippen LogP contribution < -0.4 is 10.1 Å². The van der Waals surface area contributed by atoms with Gasteiger partial charge in [0.05, 0.1) is 0 Å². The van der Waals surface area contributed by atoms with E-state index in [-0.39, 0.29) is 12.5 Å². The third-order valence-corrected chi connectivity index (χ3v) is 6.89. The zero-order chi connectivity index (χ0) is 24.4. The van der Waals surface area contributed by atoms with Crippen molar-refractivity contribution in [3.05, 3.63) is 88.9 Å². The van der Waals surface area contributed by atoms with Gasteiger partial charge < -0.3 is 14.5 Å². The maximum Gasteiger partial charge on any atom is 0.262 e. The van der Waals surface area contributed by atoms with E-state index in [9.17, 15) is 4.79 Å². The molecule has 1 atom stereocenters. The number of hydrogen-bond donors (Lipinski definition) is 1. The molecule has 1 heterocycles. The topological polar surface area (TPSA) is 64.4 Å². The molecule has 6 heteroatoms. The molecule has 0 saturated carbocycles. The molecule has 0 bridgehead atoms. The van der Waals surface area contributed by atoms with Crippen molar-refractivity contribution < 1.29 is 13.9 Å². The Morgan fingerprint density at radius 3 is 2.60 bits per heavy atom. The van der Waals surface area contributed by atoms with E-state index in [4.69, 9.17) is 9.15 Å². The summed E-state index contributed by atoms with van der Waals surface area (Å²) in [5.41, 5.74) is 4.15. The van der Waals surface area contributed by atoms with Gasteiger partial charge in [-0.15, -0.1) is 0 Å². The summed E-state index contributed by atoms with van der Waals surface area (Å²) in [5, 5.41) is 5.02. The van der Waals surface area contributed by atoms with Gasteiger partial charge in [-0.3, -0.25) is 4.79 Å². The zero-order valence-electron chi connectivity index (χ0n) is 19.5. The highest BCUT2D eigenvalue weighted by Gasteiger charge is 2.13. The summed E-state index contributed by atoms with van der Waals surface area (Å²) in [6, 6.07) is 25.4. The molecule has 0 aliphatic rings. The van der Waals surface area contributed by atoms with Crippen molar-refractivity contribution in [2.45, 2.75) is 26.2 Å². The number of nitrogens with zero attached hydrogens (tertiary/aromatic N) is 1. The molecule has 1 N–H and O–H groups in total. The summed E-state index contributed by atoms with van der Waals surface area (Å²) in [4.78, 5) is 17.2. The van der Waals surface area contributed by atoms with E-state index in [1.54, 1.807) is 6.07 Å². The predicted octanol–water partition coefficient (Wildman–Crippen LogP) is 7.94. The van der Waals surface area contributed by atoms with E-state index in [1.807, 2.05) is 66.7 Å². The largest absolute Gasteiger partial charge is 0.484 e. The number of aromatic nitrogens is 1. The highest BCUT2D eigenvalue weighted by molar-refractivity contribution is 9.10. The van der Waals surface area contributed by atoms with Crippen LogP contribution in [0.1, 0.15) is 31.7 Å². The Hall–Kier alpha value is -3.64. The molecule has 0 aliphatic heterocycles. The summed E-state index contributed by atoms with van der Waals surface area (Å²) in [5.74, 6) is 1.47. The minimum atomic E-state index is -0.238. The number of rotatable bonds is 7. The van der Waals surface area contributed by atoms with Crippen LogP contribution in [-0.2, 0) is 4.79 Å². The number of fused-ring (bicyclic) bond motifs is 2. The summed E-state index contributed by atoms with van der Waals surface area (Å²) < 4.78 is 12.7. The number of carbonyl (C=O) groups is 1. The first-order valence-corrected chi connectivity index (χ1v) is 12.4. The minimum Gasteiger partial charge on any atom is -0.484 e. The van der Waals surface area contributed by atoms with Crippen LogP contribution in [0.5, 0.6) is 5.75 Å². The Labute approximate surface area is 212 Å². The molecule has 4 aromatic carbocycles. The molecule has 0 radical (unpaired) electrons. The average molecular weight is 529 g/mol. The van der Waals surface area contributed by atoms with Crippen LogP contribution in [0.25, 0.3) is 33.3 Å². The van der Waals surface area contributed by atoms with Gasteiger partial charge in [0.25, 0.3) is 5.91 Å². The number of halogens is 1. The van der Waals surface area contributed by atoms with Crippen LogP contribution in [0.2, 0.25) is 0 Å². The van der Waals surface area contributed by atoms with Crippen LogP contribution in [0.15, 0.2) is 87.8 Å². The first-order chi connectivity index (χ1) is 17.0. The van der Waals surface area contributed by atoms with E-state index < -0.39 is 0 Å². The van der Waals surface area contributed by atoms with Gasteiger partial charge in [0.2, 0.25) is 5.89 Å². The first kappa shape index (κ1) is 23.1. The van der Waals surface area contributed by atoms with E-state index in [0.29, 0.717) is 34.3 Å². The third-order valence-electron chi connectivity index (χ3n) is 6.20. The second-order valence-electron chi connectivity index (χ2n) is 8.56. The van der Waals surface area contributed by atoms with Gasteiger partial charge in [-0.1, -0.05) is 66.2 Å². The van der Waals surface area contributed by atoms with Crippen LogP contribution in [0.3, 0.4) is 0 Å². The van der Waals surface area contributed by atoms with Gasteiger partial charge >= 0.3 is 0 Å². The van der Waals surface area contributed by atoms with Crippen LogP contribution >= 0.6 is 15.9 Å². The van der Waals surface area contributed by atoms with Gasteiger partial charge in [-0.2, -0.15) is 0 Å². The molecule has 0 saturated heterocycles. The lowest BCUT2D eigenvalue weighted by Gasteiger charge is -2.11. The molecule has 1 aromatic heterocycles. The third kappa shape index (κ3) is 4.93. The number of hydrogen-bond acceptors (Lipinski definition) is 4.